The molecule has 1 heterocycles. The molecule has 0 radical (unpaired) electrons. The van der Waals surface area contributed by atoms with Crippen molar-refractivity contribution in [1.82, 2.24) is 9.80 Å². The SMILES string of the molecule is CN(C)C(=O)Oc1ccc2c(c1F)OC(=O)N(Cc1cccc(N)c1F)C2. The quantitative estimate of drug-likeness (QED) is 0.831. The van der Waals surface area contributed by atoms with Crippen LogP contribution < -0.4 is 15.2 Å². The molecule has 2 N–H and O–H groups in total. The summed E-state index contributed by atoms with van der Waals surface area (Å²) < 4.78 is 38.6. The number of nitrogens with two attached hydrogens (primary N) is 1. The summed E-state index contributed by atoms with van der Waals surface area (Å²) in [5, 5.41) is 0. The van der Waals surface area contributed by atoms with Gasteiger partial charge in [0.1, 0.15) is 0 Å². The molecule has 0 atom stereocenters. The van der Waals surface area contributed by atoms with Crippen molar-refractivity contribution in [3.05, 3.63) is 53.1 Å². The van der Waals surface area contributed by atoms with Gasteiger partial charge in [0, 0.05) is 25.2 Å². The Hall–Kier alpha value is -3.36. The van der Waals surface area contributed by atoms with E-state index < -0.39 is 23.8 Å². The highest BCUT2D eigenvalue weighted by Crippen LogP contribution is 2.35. The lowest BCUT2D eigenvalue weighted by Crippen LogP contribution is -2.37. The van der Waals surface area contributed by atoms with Crippen molar-refractivity contribution < 1.29 is 27.8 Å². The second kappa shape index (κ2) is 7.10. The zero-order chi connectivity index (χ0) is 19.7. The molecule has 2 aromatic carbocycles. The summed E-state index contributed by atoms with van der Waals surface area (Å²) in [6, 6.07) is 7.23. The highest BCUT2D eigenvalue weighted by Gasteiger charge is 2.30. The number of ether oxygens (including phenoxy) is 2. The predicted octanol–water partition coefficient (Wildman–Crippen LogP) is 3.12. The monoisotopic (exact) mass is 377 g/mol. The van der Waals surface area contributed by atoms with Gasteiger partial charge < -0.3 is 20.1 Å². The lowest BCUT2D eigenvalue weighted by atomic mass is 10.1. The summed E-state index contributed by atoms with van der Waals surface area (Å²) in [7, 11) is 2.90. The average molecular weight is 377 g/mol. The minimum Gasteiger partial charge on any atom is -0.407 e. The van der Waals surface area contributed by atoms with Crippen LogP contribution >= 0.6 is 0 Å². The number of rotatable bonds is 3. The minimum atomic E-state index is -0.953. The number of nitrogens with zero attached hydrogens (tertiary/aromatic N) is 2. The fraction of sp³-hybridized carbons (Fsp3) is 0.222. The summed E-state index contributed by atoms with van der Waals surface area (Å²) in [5.74, 6) is -2.23. The number of fused-ring (bicyclic) bond motifs is 1. The molecule has 0 aliphatic carbocycles. The lowest BCUT2D eigenvalue weighted by molar-refractivity contribution is 0.131. The first-order chi connectivity index (χ1) is 12.8. The number of halogens is 2. The zero-order valence-electron chi connectivity index (χ0n) is 14.7. The van der Waals surface area contributed by atoms with Gasteiger partial charge in [0.25, 0.3) is 0 Å². The molecule has 1 aliphatic rings. The second-order valence-electron chi connectivity index (χ2n) is 6.17. The molecule has 2 amide bonds. The molecule has 0 fully saturated rings. The molecule has 9 heteroatoms. The maximum Gasteiger partial charge on any atom is 0.415 e. The van der Waals surface area contributed by atoms with Crippen molar-refractivity contribution in [2.45, 2.75) is 13.1 Å². The standard InChI is InChI=1S/C18H17F2N3O4/c1-22(2)17(24)26-13-7-6-11-9-23(18(25)27-16(11)15(13)20)8-10-4-3-5-12(21)14(10)19/h3-7H,8-9,21H2,1-2H3. The van der Waals surface area contributed by atoms with Crippen LogP contribution in [0.25, 0.3) is 0 Å². The molecule has 0 saturated heterocycles. The Morgan fingerprint density at radius 1 is 1.26 bits per heavy atom. The van der Waals surface area contributed by atoms with Crippen LogP contribution in [0.1, 0.15) is 11.1 Å². The van der Waals surface area contributed by atoms with Crippen molar-refractivity contribution in [3.8, 4) is 11.5 Å². The average Bonchev–Trinajstić information content (AvgIpc) is 2.62. The van der Waals surface area contributed by atoms with Crippen molar-refractivity contribution >= 4 is 17.9 Å². The van der Waals surface area contributed by atoms with Crippen LogP contribution in [0.3, 0.4) is 0 Å². The van der Waals surface area contributed by atoms with E-state index in [-0.39, 0.29) is 35.8 Å². The second-order valence-corrected chi connectivity index (χ2v) is 6.17. The van der Waals surface area contributed by atoms with E-state index in [0.29, 0.717) is 5.56 Å². The number of nitrogen functional groups attached to an aromatic ring is 1. The lowest BCUT2D eigenvalue weighted by Gasteiger charge is -2.28. The first-order valence-corrected chi connectivity index (χ1v) is 7.98. The number of carbonyl (C=O) groups excluding carboxylic acids is 2. The van der Waals surface area contributed by atoms with Crippen LogP contribution in [0.4, 0.5) is 24.1 Å². The maximum absolute atomic E-state index is 14.6. The molecule has 3 rings (SSSR count). The number of amides is 2. The first kappa shape index (κ1) is 18.4. The molecule has 27 heavy (non-hydrogen) atoms. The Labute approximate surface area is 153 Å². The zero-order valence-corrected chi connectivity index (χ0v) is 14.7. The van der Waals surface area contributed by atoms with Crippen LogP contribution in [0.5, 0.6) is 11.5 Å². The van der Waals surface area contributed by atoms with E-state index in [4.69, 9.17) is 15.2 Å². The molecule has 0 aromatic heterocycles. The molecule has 2 aromatic rings. The summed E-state index contributed by atoms with van der Waals surface area (Å²) >= 11 is 0. The van der Waals surface area contributed by atoms with Gasteiger partial charge in [-0.2, -0.15) is 4.39 Å². The van der Waals surface area contributed by atoms with Gasteiger partial charge >= 0.3 is 12.2 Å². The Kier molecular flexibility index (Phi) is 4.85. The van der Waals surface area contributed by atoms with E-state index >= 15 is 0 Å². The highest BCUT2D eigenvalue weighted by molar-refractivity contribution is 5.75. The molecule has 0 bridgehead atoms. The van der Waals surface area contributed by atoms with Crippen molar-refractivity contribution in [2.24, 2.45) is 0 Å². The van der Waals surface area contributed by atoms with E-state index in [9.17, 15) is 18.4 Å². The number of carbonyl (C=O) groups is 2. The van der Waals surface area contributed by atoms with Crippen molar-refractivity contribution in [2.75, 3.05) is 19.8 Å². The van der Waals surface area contributed by atoms with Gasteiger partial charge in [-0.25, -0.2) is 14.0 Å². The van der Waals surface area contributed by atoms with Gasteiger partial charge in [0.15, 0.2) is 17.3 Å². The van der Waals surface area contributed by atoms with E-state index in [2.05, 4.69) is 0 Å². The van der Waals surface area contributed by atoms with Crippen LogP contribution in [-0.2, 0) is 13.1 Å². The predicted molar refractivity (Wildman–Crippen MR) is 92.2 cm³/mol. The van der Waals surface area contributed by atoms with Gasteiger partial charge in [0.05, 0.1) is 18.8 Å². The van der Waals surface area contributed by atoms with Crippen molar-refractivity contribution in [1.29, 1.82) is 0 Å². The number of hydrogen-bond donors (Lipinski definition) is 1. The van der Waals surface area contributed by atoms with Gasteiger partial charge in [-0.15, -0.1) is 0 Å². The van der Waals surface area contributed by atoms with E-state index in [0.717, 1.165) is 4.90 Å². The molecule has 1 aliphatic heterocycles. The smallest absolute Gasteiger partial charge is 0.407 e. The Morgan fingerprint density at radius 3 is 2.70 bits per heavy atom. The van der Waals surface area contributed by atoms with Crippen LogP contribution in [0.15, 0.2) is 30.3 Å². The Morgan fingerprint density at radius 2 is 2.00 bits per heavy atom. The molecule has 0 spiro atoms. The Balaban J connectivity index is 1.83. The molecular weight excluding hydrogens is 360 g/mol. The molecule has 0 saturated carbocycles. The fourth-order valence-corrected chi connectivity index (χ4v) is 2.55. The number of anilines is 1. The fourth-order valence-electron chi connectivity index (χ4n) is 2.55. The summed E-state index contributed by atoms with van der Waals surface area (Å²) in [6.07, 6.45) is -1.62. The van der Waals surface area contributed by atoms with E-state index in [1.54, 1.807) is 6.07 Å². The largest absolute Gasteiger partial charge is 0.415 e. The van der Waals surface area contributed by atoms with Crippen molar-refractivity contribution in [3.63, 3.8) is 0 Å². The molecule has 142 valence electrons. The third-order valence-electron chi connectivity index (χ3n) is 3.98. The van der Waals surface area contributed by atoms with Gasteiger partial charge in [0.2, 0.25) is 5.82 Å². The summed E-state index contributed by atoms with van der Waals surface area (Å²) in [4.78, 5) is 26.2. The highest BCUT2D eigenvalue weighted by atomic mass is 19.1. The number of benzene rings is 2. The van der Waals surface area contributed by atoms with Gasteiger partial charge in [-0.05, 0) is 18.2 Å². The summed E-state index contributed by atoms with van der Waals surface area (Å²) in [6.45, 7) is -0.0879. The maximum atomic E-state index is 14.6. The third-order valence-corrected chi connectivity index (χ3v) is 3.98. The van der Waals surface area contributed by atoms with Crippen LogP contribution in [-0.4, -0.2) is 36.1 Å². The van der Waals surface area contributed by atoms with Crippen LogP contribution in [0, 0.1) is 11.6 Å². The molecular formula is C18H17F2N3O4. The van der Waals surface area contributed by atoms with E-state index in [1.807, 2.05) is 0 Å². The first-order valence-electron chi connectivity index (χ1n) is 7.98. The summed E-state index contributed by atoms with van der Waals surface area (Å²) in [5.41, 5.74) is 6.08. The van der Waals surface area contributed by atoms with Gasteiger partial charge in [-0.3, -0.25) is 4.90 Å². The van der Waals surface area contributed by atoms with E-state index in [1.165, 1.54) is 43.3 Å². The normalized spacial score (nSPS) is 13.0. The minimum absolute atomic E-state index is 0.00122. The van der Waals surface area contributed by atoms with Gasteiger partial charge in [-0.1, -0.05) is 12.1 Å². The molecule has 7 nitrogen and oxygen atoms in total. The molecule has 0 unspecified atom stereocenters. The topological polar surface area (TPSA) is 85.1 Å². The Bertz CT molecular complexity index is 918. The third kappa shape index (κ3) is 3.62. The van der Waals surface area contributed by atoms with Crippen LogP contribution in [0.2, 0.25) is 0 Å². The number of hydrogen-bond acceptors (Lipinski definition) is 5.